The molecule has 0 spiro atoms. The summed E-state index contributed by atoms with van der Waals surface area (Å²) in [5.41, 5.74) is 1.27. The molecule has 24 heavy (non-hydrogen) atoms. The number of aromatic nitrogens is 2. The maximum Gasteiger partial charge on any atom is 0.274 e. The molecule has 7 heteroatoms. The van der Waals surface area contributed by atoms with Crippen molar-refractivity contribution >= 4 is 11.8 Å². The van der Waals surface area contributed by atoms with E-state index in [0.29, 0.717) is 25.3 Å². The van der Waals surface area contributed by atoms with Crippen molar-refractivity contribution in [3.05, 3.63) is 54.1 Å². The van der Waals surface area contributed by atoms with Gasteiger partial charge in [0.25, 0.3) is 5.91 Å². The normalized spacial score (nSPS) is 14.0. The van der Waals surface area contributed by atoms with Gasteiger partial charge < -0.3 is 15.0 Å². The molecular formula is C17H18N4O3. The number of likely N-dealkylation sites (tertiary alicyclic amines) is 1. The number of nitrogens with zero attached hydrogens (tertiary/aromatic N) is 3. The highest BCUT2D eigenvalue weighted by atomic mass is 16.5. The zero-order chi connectivity index (χ0) is 16.9. The van der Waals surface area contributed by atoms with E-state index >= 15 is 0 Å². The van der Waals surface area contributed by atoms with E-state index in [1.54, 1.807) is 12.0 Å². The van der Waals surface area contributed by atoms with E-state index in [2.05, 4.69) is 15.3 Å². The molecule has 1 aliphatic rings. The molecule has 1 aromatic carbocycles. The second kappa shape index (κ2) is 7.08. The highest BCUT2D eigenvalue weighted by Crippen LogP contribution is 2.18. The van der Waals surface area contributed by atoms with Crippen LogP contribution in [0.2, 0.25) is 0 Å². The summed E-state index contributed by atoms with van der Waals surface area (Å²) >= 11 is 0. The first-order valence-electron chi connectivity index (χ1n) is 7.63. The van der Waals surface area contributed by atoms with E-state index in [4.69, 9.17) is 4.74 Å². The average Bonchev–Trinajstić information content (AvgIpc) is 2.59. The number of ether oxygens (including phenoxy) is 1. The molecule has 1 N–H and O–H groups in total. The van der Waals surface area contributed by atoms with Gasteiger partial charge in [-0.15, -0.1) is 0 Å². The second-order valence-electron chi connectivity index (χ2n) is 5.57. The summed E-state index contributed by atoms with van der Waals surface area (Å²) in [5.74, 6) is 0.323. The van der Waals surface area contributed by atoms with Crippen molar-refractivity contribution < 1.29 is 14.3 Å². The van der Waals surface area contributed by atoms with Crippen LogP contribution in [-0.2, 0) is 11.3 Å². The summed E-state index contributed by atoms with van der Waals surface area (Å²) in [5, 5.41) is 2.89. The third-order valence-corrected chi connectivity index (χ3v) is 3.92. The Morgan fingerprint density at radius 3 is 2.88 bits per heavy atom. The van der Waals surface area contributed by atoms with Crippen molar-refractivity contribution in [2.45, 2.75) is 6.54 Å². The average molecular weight is 326 g/mol. The molecule has 3 rings (SSSR count). The van der Waals surface area contributed by atoms with Gasteiger partial charge in [-0.1, -0.05) is 12.1 Å². The molecule has 124 valence electrons. The van der Waals surface area contributed by atoms with E-state index < -0.39 is 0 Å². The first-order valence-corrected chi connectivity index (χ1v) is 7.63. The van der Waals surface area contributed by atoms with Crippen LogP contribution in [-0.4, -0.2) is 46.9 Å². The monoisotopic (exact) mass is 326 g/mol. The lowest BCUT2D eigenvalue weighted by Crippen LogP contribution is -2.55. The van der Waals surface area contributed by atoms with Crippen LogP contribution in [0.5, 0.6) is 5.75 Å². The Morgan fingerprint density at radius 1 is 1.33 bits per heavy atom. The molecule has 0 aliphatic carbocycles. The number of benzene rings is 1. The Kier molecular flexibility index (Phi) is 4.69. The molecule has 1 aliphatic heterocycles. The van der Waals surface area contributed by atoms with Crippen LogP contribution in [0, 0.1) is 5.92 Å². The predicted octanol–water partition coefficient (Wildman–Crippen LogP) is 0.874. The number of hydrogen-bond acceptors (Lipinski definition) is 5. The van der Waals surface area contributed by atoms with Gasteiger partial charge in [0.05, 0.1) is 19.2 Å². The standard InChI is InChI=1S/C17H18N4O3/c1-24-14-4-2-3-12(7-14)8-20-16(22)13-10-21(11-13)17(23)15-9-18-5-6-19-15/h2-7,9,13H,8,10-11H2,1H3,(H,20,22). The third kappa shape index (κ3) is 3.51. The molecule has 2 aromatic rings. The van der Waals surface area contributed by atoms with Crippen LogP contribution >= 0.6 is 0 Å². The lowest BCUT2D eigenvalue weighted by Gasteiger charge is -2.37. The van der Waals surface area contributed by atoms with Crippen LogP contribution < -0.4 is 10.1 Å². The number of nitrogens with one attached hydrogen (secondary N) is 1. The Morgan fingerprint density at radius 2 is 2.17 bits per heavy atom. The quantitative estimate of drug-likeness (QED) is 0.881. The van der Waals surface area contributed by atoms with Gasteiger partial charge in [0.1, 0.15) is 11.4 Å². The molecule has 7 nitrogen and oxygen atoms in total. The van der Waals surface area contributed by atoms with E-state index in [9.17, 15) is 9.59 Å². The van der Waals surface area contributed by atoms with Crippen molar-refractivity contribution in [2.75, 3.05) is 20.2 Å². The van der Waals surface area contributed by atoms with Crippen molar-refractivity contribution in [1.29, 1.82) is 0 Å². The molecule has 1 fully saturated rings. The summed E-state index contributed by atoms with van der Waals surface area (Å²) in [6.45, 7) is 1.24. The Balaban J connectivity index is 1.47. The van der Waals surface area contributed by atoms with E-state index in [0.717, 1.165) is 11.3 Å². The van der Waals surface area contributed by atoms with E-state index in [-0.39, 0.29) is 17.7 Å². The van der Waals surface area contributed by atoms with Gasteiger partial charge in [-0.05, 0) is 17.7 Å². The maximum absolute atomic E-state index is 12.1. The van der Waals surface area contributed by atoms with Crippen LogP contribution in [0.25, 0.3) is 0 Å². The molecule has 1 aromatic heterocycles. The van der Waals surface area contributed by atoms with Gasteiger partial charge in [0.2, 0.25) is 5.91 Å². The number of methoxy groups -OCH3 is 1. The summed E-state index contributed by atoms with van der Waals surface area (Å²) in [7, 11) is 1.61. The minimum absolute atomic E-state index is 0.0546. The lowest BCUT2D eigenvalue weighted by molar-refractivity contribution is -0.129. The van der Waals surface area contributed by atoms with Crippen molar-refractivity contribution in [2.24, 2.45) is 5.92 Å². The highest BCUT2D eigenvalue weighted by Gasteiger charge is 2.36. The van der Waals surface area contributed by atoms with Gasteiger partial charge in [-0.25, -0.2) is 4.98 Å². The number of carbonyl (C=O) groups is 2. The fraction of sp³-hybridized carbons (Fsp3) is 0.294. The smallest absolute Gasteiger partial charge is 0.274 e. The third-order valence-electron chi connectivity index (χ3n) is 3.92. The summed E-state index contributed by atoms with van der Waals surface area (Å²) in [6, 6.07) is 7.54. The second-order valence-corrected chi connectivity index (χ2v) is 5.57. The molecule has 0 unspecified atom stereocenters. The molecule has 2 heterocycles. The SMILES string of the molecule is COc1cccc(CNC(=O)C2CN(C(=O)c3cnccn3)C2)c1. The fourth-order valence-electron chi connectivity index (χ4n) is 2.50. The molecule has 0 saturated carbocycles. The Hall–Kier alpha value is -2.96. The predicted molar refractivity (Wildman–Crippen MR) is 86.3 cm³/mol. The summed E-state index contributed by atoms with van der Waals surface area (Å²) < 4.78 is 5.16. The first kappa shape index (κ1) is 15.9. The van der Waals surface area contributed by atoms with Gasteiger partial charge >= 0.3 is 0 Å². The van der Waals surface area contributed by atoms with Gasteiger partial charge in [0, 0.05) is 32.0 Å². The van der Waals surface area contributed by atoms with Crippen LogP contribution in [0.4, 0.5) is 0 Å². The summed E-state index contributed by atoms with van der Waals surface area (Å²) in [6.07, 6.45) is 4.42. The van der Waals surface area contributed by atoms with E-state index in [1.165, 1.54) is 18.6 Å². The minimum Gasteiger partial charge on any atom is -0.497 e. The number of rotatable bonds is 5. The maximum atomic E-state index is 12.1. The van der Waals surface area contributed by atoms with Crippen molar-refractivity contribution in [3.63, 3.8) is 0 Å². The largest absolute Gasteiger partial charge is 0.497 e. The van der Waals surface area contributed by atoms with Gasteiger partial charge in [-0.2, -0.15) is 0 Å². The van der Waals surface area contributed by atoms with Crippen molar-refractivity contribution in [3.8, 4) is 5.75 Å². The molecular weight excluding hydrogens is 308 g/mol. The highest BCUT2D eigenvalue weighted by molar-refractivity contribution is 5.94. The molecule has 0 radical (unpaired) electrons. The summed E-state index contributed by atoms with van der Waals surface area (Å²) in [4.78, 5) is 33.7. The first-order chi connectivity index (χ1) is 11.7. The molecule has 1 saturated heterocycles. The van der Waals surface area contributed by atoms with Crippen molar-refractivity contribution in [1.82, 2.24) is 20.2 Å². The van der Waals surface area contributed by atoms with Crippen LogP contribution in [0.15, 0.2) is 42.9 Å². The number of hydrogen-bond donors (Lipinski definition) is 1. The molecule has 0 bridgehead atoms. The lowest BCUT2D eigenvalue weighted by atomic mass is 9.98. The van der Waals surface area contributed by atoms with Gasteiger partial charge in [0.15, 0.2) is 0 Å². The Labute approximate surface area is 139 Å². The van der Waals surface area contributed by atoms with E-state index in [1.807, 2.05) is 24.3 Å². The zero-order valence-corrected chi connectivity index (χ0v) is 13.3. The fourth-order valence-corrected chi connectivity index (χ4v) is 2.50. The topological polar surface area (TPSA) is 84.4 Å². The zero-order valence-electron chi connectivity index (χ0n) is 13.3. The molecule has 2 amide bonds. The number of amides is 2. The molecule has 0 atom stereocenters. The minimum atomic E-state index is -0.194. The number of carbonyl (C=O) groups excluding carboxylic acids is 2. The Bertz CT molecular complexity index is 730. The van der Waals surface area contributed by atoms with Crippen LogP contribution in [0.1, 0.15) is 16.1 Å². The van der Waals surface area contributed by atoms with Crippen LogP contribution in [0.3, 0.4) is 0 Å². The van der Waals surface area contributed by atoms with Gasteiger partial charge in [-0.3, -0.25) is 14.6 Å².